The quantitative estimate of drug-likeness (QED) is 0.675. The SMILES string of the molecule is CCN1C(=O)CNC1c1cn(C)nn1. The number of nitrogens with zero attached hydrogens (tertiary/aromatic N) is 4. The molecule has 6 heteroatoms. The number of hydrogen-bond acceptors (Lipinski definition) is 4. The van der Waals surface area contributed by atoms with E-state index in [1.807, 2.05) is 20.2 Å². The second-order valence-electron chi connectivity index (χ2n) is 3.28. The topological polar surface area (TPSA) is 63.1 Å². The lowest BCUT2D eigenvalue weighted by Gasteiger charge is -2.20. The minimum Gasteiger partial charge on any atom is -0.320 e. The molecule has 0 aliphatic carbocycles. The summed E-state index contributed by atoms with van der Waals surface area (Å²) in [6.45, 7) is 3.02. The summed E-state index contributed by atoms with van der Waals surface area (Å²) in [6.07, 6.45) is 1.71. The predicted octanol–water partition coefficient (Wildman–Crippen LogP) is -0.735. The highest BCUT2D eigenvalue weighted by atomic mass is 16.2. The first-order valence-electron chi connectivity index (χ1n) is 4.61. The van der Waals surface area contributed by atoms with Gasteiger partial charge < -0.3 is 4.90 Å². The van der Waals surface area contributed by atoms with Gasteiger partial charge in [-0.2, -0.15) is 0 Å². The Labute approximate surface area is 81.9 Å². The fourth-order valence-corrected chi connectivity index (χ4v) is 1.65. The van der Waals surface area contributed by atoms with E-state index in [0.29, 0.717) is 13.1 Å². The Bertz CT molecular complexity index is 347. The molecule has 2 heterocycles. The molecule has 2 rings (SSSR count). The molecule has 1 amide bonds. The first-order valence-corrected chi connectivity index (χ1v) is 4.61. The van der Waals surface area contributed by atoms with Crippen LogP contribution in [0.4, 0.5) is 0 Å². The molecule has 1 atom stereocenters. The van der Waals surface area contributed by atoms with Gasteiger partial charge in [0.1, 0.15) is 11.9 Å². The van der Waals surface area contributed by atoms with Crippen LogP contribution in [0.2, 0.25) is 0 Å². The smallest absolute Gasteiger partial charge is 0.238 e. The van der Waals surface area contributed by atoms with E-state index in [0.717, 1.165) is 5.69 Å². The molecule has 1 saturated heterocycles. The number of aryl methyl sites for hydroxylation is 1. The number of likely N-dealkylation sites (N-methyl/N-ethyl adjacent to an activating group) is 1. The van der Waals surface area contributed by atoms with Crippen LogP contribution in [0, 0.1) is 0 Å². The Kier molecular flexibility index (Phi) is 2.20. The summed E-state index contributed by atoms with van der Waals surface area (Å²) in [5, 5.41) is 10.9. The maximum Gasteiger partial charge on any atom is 0.238 e. The molecule has 1 aliphatic heterocycles. The second kappa shape index (κ2) is 3.38. The van der Waals surface area contributed by atoms with Crippen molar-refractivity contribution in [3.63, 3.8) is 0 Å². The molecule has 1 aromatic heterocycles. The average molecular weight is 195 g/mol. The van der Waals surface area contributed by atoms with Crippen LogP contribution in [0.5, 0.6) is 0 Å². The third-order valence-corrected chi connectivity index (χ3v) is 2.32. The maximum atomic E-state index is 11.4. The summed E-state index contributed by atoms with van der Waals surface area (Å²) < 4.78 is 1.63. The molecule has 1 N–H and O–H groups in total. The van der Waals surface area contributed by atoms with Gasteiger partial charge in [0.05, 0.1) is 12.7 Å². The van der Waals surface area contributed by atoms with Gasteiger partial charge in [0, 0.05) is 13.6 Å². The molecule has 14 heavy (non-hydrogen) atoms. The first-order chi connectivity index (χ1) is 6.72. The van der Waals surface area contributed by atoms with Crippen molar-refractivity contribution in [1.29, 1.82) is 0 Å². The average Bonchev–Trinajstić information content (AvgIpc) is 2.71. The number of nitrogens with one attached hydrogen (secondary N) is 1. The number of carbonyl (C=O) groups is 1. The minimum absolute atomic E-state index is 0.110. The van der Waals surface area contributed by atoms with Crippen molar-refractivity contribution in [2.45, 2.75) is 13.1 Å². The van der Waals surface area contributed by atoms with Crippen LogP contribution in [0.3, 0.4) is 0 Å². The fourth-order valence-electron chi connectivity index (χ4n) is 1.65. The summed E-state index contributed by atoms with van der Waals surface area (Å²) in [4.78, 5) is 13.2. The summed E-state index contributed by atoms with van der Waals surface area (Å²) in [5.41, 5.74) is 0.792. The van der Waals surface area contributed by atoms with E-state index in [4.69, 9.17) is 0 Å². The highest BCUT2D eigenvalue weighted by Crippen LogP contribution is 2.19. The Morgan fingerprint density at radius 2 is 2.50 bits per heavy atom. The molecule has 76 valence electrons. The van der Waals surface area contributed by atoms with Crippen LogP contribution in [0.1, 0.15) is 18.8 Å². The van der Waals surface area contributed by atoms with Crippen molar-refractivity contribution in [3.05, 3.63) is 11.9 Å². The molecule has 1 fully saturated rings. The van der Waals surface area contributed by atoms with E-state index in [1.165, 1.54) is 0 Å². The lowest BCUT2D eigenvalue weighted by molar-refractivity contribution is -0.127. The van der Waals surface area contributed by atoms with Crippen LogP contribution >= 0.6 is 0 Å². The van der Waals surface area contributed by atoms with Gasteiger partial charge in [0.15, 0.2) is 0 Å². The largest absolute Gasteiger partial charge is 0.320 e. The van der Waals surface area contributed by atoms with E-state index < -0.39 is 0 Å². The molecule has 1 aromatic rings. The normalized spacial score (nSPS) is 22.0. The molecule has 0 aromatic carbocycles. The lowest BCUT2D eigenvalue weighted by Crippen LogP contribution is -2.30. The van der Waals surface area contributed by atoms with E-state index in [9.17, 15) is 4.79 Å². The van der Waals surface area contributed by atoms with Crippen molar-refractivity contribution in [2.24, 2.45) is 7.05 Å². The lowest BCUT2D eigenvalue weighted by atomic mass is 10.3. The molecule has 1 aliphatic rings. The summed E-state index contributed by atoms with van der Waals surface area (Å²) in [7, 11) is 1.81. The second-order valence-corrected chi connectivity index (χ2v) is 3.28. The van der Waals surface area contributed by atoms with Gasteiger partial charge in [-0.15, -0.1) is 5.10 Å². The van der Waals surface area contributed by atoms with E-state index >= 15 is 0 Å². The Hall–Kier alpha value is -1.43. The van der Waals surface area contributed by atoms with Gasteiger partial charge in [0.2, 0.25) is 5.91 Å². The van der Waals surface area contributed by atoms with Crippen molar-refractivity contribution < 1.29 is 4.79 Å². The molecule has 0 radical (unpaired) electrons. The van der Waals surface area contributed by atoms with Crippen LogP contribution in [0.15, 0.2) is 6.20 Å². The molecule has 1 unspecified atom stereocenters. The van der Waals surface area contributed by atoms with Crippen molar-refractivity contribution >= 4 is 5.91 Å². The minimum atomic E-state index is -0.110. The van der Waals surface area contributed by atoms with E-state index in [-0.39, 0.29) is 12.1 Å². The van der Waals surface area contributed by atoms with Crippen molar-refractivity contribution in [1.82, 2.24) is 25.2 Å². The maximum absolute atomic E-state index is 11.4. The molecule has 6 nitrogen and oxygen atoms in total. The number of amides is 1. The van der Waals surface area contributed by atoms with Crippen LogP contribution in [0.25, 0.3) is 0 Å². The van der Waals surface area contributed by atoms with Gasteiger partial charge in [-0.05, 0) is 6.92 Å². The Balaban J connectivity index is 2.22. The van der Waals surface area contributed by atoms with Gasteiger partial charge in [0.25, 0.3) is 0 Å². The van der Waals surface area contributed by atoms with Gasteiger partial charge in [-0.3, -0.25) is 14.8 Å². The molecule has 0 spiro atoms. The number of aromatic nitrogens is 3. The zero-order valence-corrected chi connectivity index (χ0v) is 8.27. The third-order valence-electron chi connectivity index (χ3n) is 2.32. The monoisotopic (exact) mass is 195 g/mol. The van der Waals surface area contributed by atoms with Crippen molar-refractivity contribution in [3.8, 4) is 0 Å². The molecule has 0 saturated carbocycles. The standard InChI is InChI=1S/C8H13N5O/c1-3-13-7(14)4-9-8(13)6-5-12(2)11-10-6/h5,8-9H,3-4H2,1-2H3. The zero-order chi connectivity index (χ0) is 10.1. The Morgan fingerprint density at radius 1 is 1.71 bits per heavy atom. The van der Waals surface area contributed by atoms with E-state index in [2.05, 4.69) is 15.6 Å². The third kappa shape index (κ3) is 1.37. The highest BCUT2D eigenvalue weighted by Gasteiger charge is 2.31. The fraction of sp³-hybridized carbons (Fsp3) is 0.625. The zero-order valence-electron chi connectivity index (χ0n) is 8.27. The molecular weight excluding hydrogens is 182 g/mol. The van der Waals surface area contributed by atoms with Gasteiger partial charge >= 0.3 is 0 Å². The van der Waals surface area contributed by atoms with Crippen LogP contribution < -0.4 is 5.32 Å². The summed E-state index contributed by atoms with van der Waals surface area (Å²) in [6, 6.07) is 0. The molecule has 0 bridgehead atoms. The summed E-state index contributed by atoms with van der Waals surface area (Å²) >= 11 is 0. The van der Waals surface area contributed by atoms with Crippen LogP contribution in [-0.4, -0.2) is 38.9 Å². The van der Waals surface area contributed by atoms with Gasteiger partial charge in [-0.25, -0.2) is 0 Å². The highest BCUT2D eigenvalue weighted by molar-refractivity contribution is 5.80. The summed E-state index contributed by atoms with van der Waals surface area (Å²) in [5.74, 6) is 0.114. The van der Waals surface area contributed by atoms with Crippen LogP contribution in [-0.2, 0) is 11.8 Å². The number of hydrogen-bond donors (Lipinski definition) is 1. The van der Waals surface area contributed by atoms with E-state index in [1.54, 1.807) is 9.58 Å². The van der Waals surface area contributed by atoms with Gasteiger partial charge in [-0.1, -0.05) is 5.21 Å². The molecular formula is C8H13N5O. The Morgan fingerprint density at radius 3 is 3.07 bits per heavy atom. The first kappa shape index (κ1) is 9.14. The number of carbonyl (C=O) groups excluding carboxylic acids is 1. The number of rotatable bonds is 2. The predicted molar refractivity (Wildman–Crippen MR) is 49.1 cm³/mol. The van der Waals surface area contributed by atoms with Crippen molar-refractivity contribution in [2.75, 3.05) is 13.1 Å².